The summed E-state index contributed by atoms with van der Waals surface area (Å²) in [5.41, 5.74) is 1.68. The van der Waals surface area contributed by atoms with Crippen LogP contribution in [0, 0.1) is 0 Å². The fraction of sp³-hybridized carbons (Fsp3) is 0.263. The summed E-state index contributed by atoms with van der Waals surface area (Å²) < 4.78 is 29.3. The standard InChI is InChI=1S/C19H19BrF2/c1-2-3-4-5-14-6-8-15(9-7-14)18(21)19(22)16-10-12-17(20)13-11-16/h6-13H,2-5H2,1H3/b19-18+. The van der Waals surface area contributed by atoms with Crippen LogP contribution in [0.2, 0.25) is 0 Å². The molecule has 0 saturated carbocycles. The van der Waals surface area contributed by atoms with Crippen molar-refractivity contribution in [2.45, 2.75) is 32.6 Å². The van der Waals surface area contributed by atoms with Crippen molar-refractivity contribution in [2.75, 3.05) is 0 Å². The Hall–Kier alpha value is -1.48. The number of benzene rings is 2. The lowest BCUT2D eigenvalue weighted by Gasteiger charge is -2.05. The highest BCUT2D eigenvalue weighted by molar-refractivity contribution is 9.10. The minimum absolute atomic E-state index is 0.243. The molecule has 0 fully saturated rings. The number of hydrogen-bond acceptors (Lipinski definition) is 0. The van der Waals surface area contributed by atoms with Gasteiger partial charge in [0.15, 0.2) is 11.7 Å². The van der Waals surface area contributed by atoms with Crippen molar-refractivity contribution in [3.05, 3.63) is 69.7 Å². The van der Waals surface area contributed by atoms with E-state index in [2.05, 4.69) is 22.9 Å². The predicted octanol–water partition coefficient (Wildman–Crippen LogP) is 6.95. The molecule has 0 N–H and O–H groups in total. The largest absolute Gasteiger partial charge is 0.203 e. The molecule has 0 heterocycles. The number of hydrogen-bond donors (Lipinski definition) is 0. The van der Waals surface area contributed by atoms with Gasteiger partial charge in [0.1, 0.15) is 0 Å². The van der Waals surface area contributed by atoms with E-state index in [4.69, 9.17) is 0 Å². The molecule has 0 atom stereocenters. The van der Waals surface area contributed by atoms with E-state index >= 15 is 0 Å². The van der Waals surface area contributed by atoms with Crippen LogP contribution in [-0.4, -0.2) is 0 Å². The normalized spacial score (nSPS) is 12.2. The average Bonchev–Trinajstić information content (AvgIpc) is 2.55. The summed E-state index contributed by atoms with van der Waals surface area (Å²) in [6, 6.07) is 13.5. The molecule has 0 saturated heterocycles. The fourth-order valence-corrected chi connectivity index (χ4v) is 2.51. The lowest BCUT2D eigenvalue weighted by Crippen LogP contribution is -1.88. The van der Waals surface area contributed by atoms with Gasteiger partial charge in [-0.1, -0.05) is 72.1 Å². The van der Waals surface area contributed by atoms with Crippen molar-refractivity contribution in [2.24, 2.45) is 0 Å². The number of rotatable bonds is 6. The first-order valence-corrected chi connectivity index (χ1v) is 8.31. The average molecular weight is 365 g/mol. The second-order valence-electron chi connectivity index (χ2n) is 5.29. The van der Waals surface area contributed by atoms with Crippen LogP contribution in [0.1, 0.15) is 42.9 Å². The van der Waals surface area contributed by atoms with E-state index in [0.29, 0.717) is 0 Å². The minimum Gasteiger partial charge on any atom is -0.203 e. The zero-order valence-corrected chi connectivity index (χ0v) is 14.2. The van der Waals surface area contributed by atoms with Crippen molar-refractivity contribution in [3.8, 4) is 0 Å². The topological polar surface area (TPSA) is 0 Å². The molecule has 0 spiro atoms. The van der Waals surface area contributed by atoms with E-state index in [1.54, 1.807) is 36.4 Å². The van der Waals surface area contributed by atoms with Crippen LogP contribution >= 0.6 is 15.9 Å². The van der Waals surface area contributed by atoms with Gasteiger partial charge in [-0.05, 0) is 30.5 Å². The Labute approximate surface area is 139 Å². The lowest BCUT2D eigenvalue weighted by molar-refractivity contribution is 0.699. The van der Waals surface area contributed by atoms with Crippen molar-refractivity contribution in [1.82, 2.24) is 0 Å². The predicted molar refractivity (Wildman–Crippen MR) is 92.8 cm³/mol. The van der Waals surface area contributed by atoms with E-state index in [1.165, 1.54) is 12.8 Å². The molecule has 3 heteroatoms. The van der Waals surface area contributed by atoms with Crippen molar-refractivity contribution in [1.29, 1.82) is 0 Å². The van der Waals surface area contributed by atoms with E-state index < -0.39 is 11.7 Å². The maximum Gasteiger partial charge on any atom is 0.166 e. The zero-order chi connectivity index (χ0) is 15.9. The van der Waals surface area contributed by atoms with Gasteiger partial charge in [-0.2, -0.15) is 0 Å². The molecule has 116 valence electrons. The van der Waals surface area contributed by atoms with Crippen LogP contribution in [0.15, 0.2) is 53.0 Å². The van der Waals surface area contributed by atoms with Gasteiger partial charge in [0.2, 0.25) is 0 Å². The third-order valence-corrected chi connectivity index (χ3v) is 4.10. The Morgan fingerprint density at radius 2 is 1.32 bits per heavy atom. The van der Waals surface area contributed by atoms with E-state index in [0.717, 1.165) is 22.9 Å². The molecule has 0 aromatic heterocycles. The Bertz CT molecular complexity index is 627. The maximum atomic E-state index is 14.2. The molecule has 0 amide bonds. The molecule has 22 heavy (non-hydrogen) atoms. The summed E-state index contributed by atoms with van der Waals surface area (Å²) in [5, 5.41) is 0. The van der Waals surface area contributed by atoms with Gasteiger partial charge in [-0.25, -0.2) is 8.78 Å². The van der Waals surface area contributed by atoms with Gasteiger partial charge in [-0.3, -0.25) is 0 Å². The molecular formula is C19H19BrF2. The molecule has 0 nitrogen and oxygen atoms in total. The first kappa shape index (κ1) is 16.9. The summed E-state index contributed by atoms with van der Waals surface area (Å²) in [4.78, 5) is 0. The Morgan fingerprint density at radius 3 is 1.82 bits per heavy atom. The monoisotopic (exact) mass is 364 g/mol. The lowest BCUT2D eigenvalue weighted by atomic mass is 10.0. The molecule has 0 aliphatic heterocycles. The highest BCUT2D eigenvalue weighted by atomic mass is 79.9. The highest BCUT2D eigenvalue weighted by Crippen LogP contribution is 2.29. The molecule has 0 radical (unpaired) electrons. The van der Waals surface area contributed by atoms with Crippen molar-refractivity contribution < 1.29 is 8.78 Å². The molecule has 0 aliphatic rings. The zero-order valence-electron chi connectivity index (χ0n) is 12.6. The first-order valence-electron chi connectivity index (χ1n) is 7.52. The Kier molecular flexibility index (Phi) is 6.32. The summed E-state index contributed by atoms with van der Waals surface area (Å²) in [6.45, 7) is 2.16. The van der Waals surface area contributed by atoms with E-state index in [1.807, 2.05) is 12.1 Å². The summed E-state index contributed by atoms with van der Waals surface area (Å²) >= 11 is 3.28. The van der Waals surface area contributed by atoms with E-state index in [-0.39, 0.29) is 11.1 Å². The molecule has 0 unspecified atom stereocenters. The van der Waals surface area contributed by atoms with Crippen LogP contribution in [0.4, 0.5) is 8.78 Å². The minimum atomic E-state index is -0.828. The summed E-state index contributed by atoms with van der Waals surface area (Å²) in [6.07, 6.45) is 4.47. The van der Waals surface area contributed by atoms with Crippen LogP contribution < -0.4 is 0 Å². The van der Waals surface area contributed by atoms with Crippen LogP contribution in [0.25, 0.3) is 11.7 Å². The number of aryl methyl sites for hydroxylation is 1. The van der Waals surface area contributed by atoms with Gasteiger partial charge in [0.25, 0.3) is 0 Å². The molecule has 0 bridgehead atoms. The SMILES string of the molecule is CCCCCc1ccc(/C(F)=C(\F)c2ccc(Br)cc2)cc1. The van der Waals surface area contributed by atoms with Gasteiger partial charge in [0, 0.05) is 15.6 Å². The fourth-order valence-electron chi connectivity index (χ4n) is 2.25. The Morgan fingerprint density at radius 1 is 0.818 bits per heavy atom. The molecule has 2 aromatic carbocycles. The Balaban J connectivity index is 2.15. The maximum absolute atomic E-state index is 14.2. The summed E-state index contributed by atoms with van der Waals surface area (Å²) in [5.74, 6) is -1.64. The van der Waals surface area contributed by atoms with Gasteiger partial charge in [0.05, 0.1) is 0 Å². The third-order valence-electron chi connectivity index (χ3n) is 3.57. The van der Waals surface area contributed by atoms with Gasteiger partial charge < -0.3 is 0 Å². The first-order chi connectivity index (χ1) is 10.6. The number of halogens is 3. The van der Waals surface area contributed by atoms with Gasteiger partial charge >= 0.3 is 0 Å². The third kappa shape index (κ3) is 4.51. The van der Waals surface area contributed by atoms with Crippen LogP contribution in [0.3, 0.4) is 0 Å². The van der Waals surface area contributed by atoms with Gasteiger partial charge in [-0.15, -0.1) is 0 Å². The second kappa shape index (κ2) is 8.23. The van der Waals surface area contributed by atoms with E-state index in [9.17, 15) is 8.78 Å². The molecule has 0 aliphatic carbocycles. The summed E-state index contributed by atoms with van der Waals surface area (Å²) in [7, 11) is 0. The van der Waals surface area contributed by atoms with Crippen LogP contribution in [-0.2, 0) is 6.42 Å². The highest BCUT2D eigenvalue weighted by Gasteiger charge is 2.11. The quantitative estimate of drug-likeness (QED) is 0.384. The molecule has 2 rings (SSSR count). The smallest absolute Gasteiger partial charge is 0.166 e. The number of unbranched alkanes of at least 4 members (excludes halogenated alkanes) is 2. The second-order valence-corrected chi connectivity index (χ2v) is 6.20. The molecular weight excluding hydrogens is 346 g/mol. The van der Waals surface area contributed by atoms with Crippen LogP contribution in [0.5, 0.6) is 0 Å². The molecule has 2 aromatic rings. The van der Waals surface area contributed by atoms with Crippen molar-refractivity contribution in [3.63, 3.8) is 0 Å². The van der Waals surface area contributed by atoms with Crippen molar-refractivity contribution >= 4 is 27.6 Å².